The van der Waals surface area contributed by atoms with Crippen LogP contribution in [-0.2, 0) is 14.4 Å². The summed E-state index contributed by atoms with van der Waals surface area (Å²) in [5.74, 6) is -2.41. The average molecular weight is 447 g/mol. The first-order valence-electron chi connectivity index (χ1n) is 11.0. The molecule has 0 bridgehead atoms. The summed E-state index contributed by atoms with van der Waals surface area (Å²) in [6.45, 7) is 10.9. The van der Waals surface area contributed by atoms with Crippen LogP contribution in [0, 0.1) is 17.8 Å². The van der Waals surface area contributed by atoms with Gasteiger partial charge in [-0.3, -0.25) is 14.5 Å². The van der Waals surface area contributed by atoms with Crippen molar-refractivity contribution in [2.45, 2.75) is 66.1 Å². The Morgan fingerprint density at radius 1 is 1.06 bits per heavy atom. The van der Waals surface area contributed by atoms with Gasteiger partial charge in [0.25, 0.3) is 0 Å². The molecule has 1 aromatic rings. The number of aliphatic carboxylic acids is 1. The van der Waals surface area contributed by atoms with Gasteiger partial charge in [-0.2, -0.15) is 0 Å². The summed E-state index contributed by atoms with van der Waals surface area (Å²) < 4.78 is 0. The van der Waals surface area contributed by atoms with Crippen LogP contribution in [0.25, 0.3) is 0 Å². The summed E-state index contributed by atoms with van der Waals surface area (Å²) in [6, 6.07) is 3.60. The smallest absolute Gasteiger partial charge is 0.326 e. The number of nitrogens with one attached hydrogen (secondary N) is 3. The molecule has 0 saturated carbocycles. The van der Waals surface area contributed by atoms with E-state index in [0.717, 1.165) is 0 Å². The van der Waals surface area contributed by atoms with Crippen molar-refractivity contribution in [3.8, 4) is 0 Å². The van der Waals surface area contributed by atoms with Crippen molar-refractivity contribution < 1.29 is 24.3 Å². The van der Waals surface area contributed by atoms with E-state index in [0.29, 0.717) is 11.4 Å². The van der Waals surface area contributed by atoms with Gasteiger partial charge in [-0.25, -0.2) is 9.59 Å². The van der Waals surface area contributed by atoms with Crippen LogP contribution >= 0.6 is 0 Å². The fourth-order valence-electron chi connectivity index (χ4n) is 3.79. The topological polar surface area (TPSA) is 128 Å². The lowest BCUT2D eigenvalue weighted by atomic mass is 9.97. The molecule has 1 aromatic carbocycles. The van der Waals surface area contributed by atoms with Crippen LogP contribution in [0.15, 0.2) is 24.3 Å². The molecule has 2 rings (SSSR count). The molecule has 1 heterocycles. The Balaban J connectivity index is 2.30. The van der Waals surface area contributed by atoms with Crippen LogP contribution in [0.1, 0.15) is 48.0 Å². The van der Waals surface area contributed by atoms with Gasteiger partial charge in [0.1, 0.15) is 18.1 Å². The number of rotatable bonds is 8. The Kier molecular flexibility index (Phi) is 8.24. The van der Waals surface area contributed by atoms with Crippen molar-refractivity contribution >= 4 is 35.2 Å². The first-order chi connectivity index (χ1) is 14.9. The van der Waals surface area contributed by atoms with Crippen LogP contribution < -0.4 is 20.9 Å². The molecule has 1 aliphatic heterocycles. The number of carbonyl (C=O) groups is 4. The SMILES string of the molecule is CC(C)CC(NC(=O)C(NC(=O)N1c2ccccc2NC(=O)C1C(C)C)C(C)C)C(=O)O. The maximum Gasteiger partial charge on any atom is 0.326 e. The molecule has 1 aliphatic rings. The molecule has 0 saturated heterocycles. The summed E-state index contributed by atoms with van der Waals surface area (Å²) in [5.41, 5.74) is 1.05. The Hall–Kier alpha value is -3.10. The standard InChI is InChI=1S/C23H34N4O5/c1-12(2)11-16(22(30)31)25-20(28)18(13(3)4)26-23(32)27-17-10-8-7-9-15(17)24-21(29)19(27)14(5)6/h7-10,12-14,16,18-19H,11H2,1-6H3,(H,24,29)(H,25,28)(H,26,32)(H,30,31). The van der Waals surface area contributed by atoms with Crippen molar-refractivity contribution in [2.24, 2.45) is 17.8 Å². The fraction of sp³-hybridized carbons (Fsp3) is 0.565. The minimum Gasteiger partial charge on any atom is -0.480 e. The average Bonchev–Trinajstić information content (AvgIpc) is 2.69. The number of fused-ring (bicyclic) bond motifs is 1. The molecule has 0 aromatic heterocycles. The summed E-state index contributed by atoms with van der Waals surface area (Å²) >= 11 is 0. The van der Waals surface area contributed by atoms with Gasteiger partial charge < -0.3 is 21.1 Å². The minimum absolute atomic E-state index is 0.0682. The number of hydrogen-bond acceptors (Lipinski definition) is 4. The highest BCUT2D eigenvalue weighted by Crippen LogP contribution is 2.34. The lowest BCUT2D eigenvalue weighted by Gasteiger charge is -2.39. The molecule has 9 heteroatoms. The van der Waals surface area contributed by atoms with Crippen LogP contribution in [0.4, 0.5) is 16.2 Å². The third kappa shape index (κ3) is 5.77. The fourth-order valence-corrected chi connectivity index (χ4v) is 3.79. The number of carboxylic acid groups (broad SMARTS) is 1. The highest BCUT2D eigenvalue weighted by molar-refractivity contribution is 6.12. The molecule has 4 amide bonds. The zero-order chi connectivity index (χ0) is 24.2. The third-order valence-electron chi connectivity index (χ3n) is 5.37. The Labute approximate surface area is 188 Å². The van der Waals surface area contributed by atoms with Gasteiger partial charge in [-0.05, 0) is 36.3 Å². The molecular formula is C23H34N4O5. The van der Waals surface area contributed by atoms with E-state index in [1.54, 1.807) is 38.1 Å². The normalized spacial score (nSPS) is 17.6. The Bertz CT molecular complexity index is 868. The first kappa shape index (κ1) is 25.2. The van der Waals surface area contributed by atoms with E-state index in [-0.39, 0.29) is 30.1 Å². The number of carboxylic acids is 1. The number of urea groups is 1. The van der Waals surface area contributed by atoms with Gasteiger partial charge in [0.05, 0.1) is 11.4 Å². The molecule has 32 heavy (non-hydrogen) atoms. The number of anilines is 2. The minimum atomic E-state index is -1.12. The number of carbonyl (C=O) groups excluding carboxylic acids is 3. The molecule has 3 atom stereocenters. The molecule has 9 nitrogen and oxygen atoms in total. The summed E-state index contributed by atoms with van der Waals surface area (Å²) in [4.78, 5) is 52.0. The number of amides is 4. The number of para-hydroxylation sites is 2. The largest absolute Gasteiger partial charge is 0.480 e. The van der Waals surface area contributed by atoms with Gasteiger partial charge in [-0.15, -0.1) is 0 Å². The second-order valence-corrected chi connectivity index (χ2v) is 9.27. The van der Waals surface area contributed by atoms with Gasteiger partial charge in [0.15, 0.2) is 0 Å². The zero-order valence-corrected chi connectivity index (χ0v) is 19.5. The van der Waals surface area contributed by atoms with Crippen molar-refractivity contribution in [1.82, 2.24) is 10.6 Å². The van der Waals surface area contributed by atoms with Crippen molar-refractivity contribution in [3.63, 3.8) is 0 Å². The lowest BCUT2D eigenvalue weighted by molar-refractivity contribution is -0.142. The first-order valence-corrected chi connectivity index (χ1v) is 11.0. The molecular weight excluding hydrogens is 412 g/mol. The van der Waals surface area contributed by atoms with Crippen molar-refractivity contribution in [3.05, 3.63) is 24.3 Å². The van der Waals surface area contributed by atoms with Gasteiger partial charge in [0.2, 0.25) is 11.8 Å². The Morgan fingerprint density at radius 2 is 1.69 bits per heavy atom. The zero-order valence-electron chi connectivity index (χ0n) is 19.5. The van der Waals surface area contributed by atoms with E-state index in [4.69, 9.17) is 0 Å². The van der Waals surface area contributed by atoms with Crippen LogP contribution in [0.2, 0.25) is 0 Å². The van der Waals surface area contributed by atoms with Crippen molar-refractivity contribution in [2.75, 3.05) is 10.2 Å². The highest BCUT2D eigenvalue weighted by Gasteiger charge is 2.40. The molecule has 0 aliphatic carbocycles. The van der Waals surface area contributed by atoms with Gasteiger partial charge >= 0.3 is 12.0 Å². The predicted octanol–water partition coefficient (Wildman–Crippen LogP) is 2.82. The monoisotopic (exact) mass is 446 g/mol. The number of benzene rings is 1. The molecule has 0 radical (unpaired) electrons. The summed E-state index contributed by atoms with van der Waals surface area (Å²) in [7, 11) is 0. The van der Waals surface area contributed by atoms with Crippen LogP contribution in [-0.4, -0.2) is 47.0 Å². The van der Waals surface area contributed by atoms with Crippen LogP contribution in [0.3, 0.4) is 0 Å². The van der Waals surface area contributed by atoms with E-state index in [1.165, 1.54) is 4.90 Å². The summed E-state index contributed by atoms with van der Waals surface area (Å²) in [5, 5.41) is 17.6. The predicted molar refractivity (Wildman–Crippen MR) is 122 cm³/mol. The molecule has 3 unspecified atom stereocenters. The maximum absolute atomic E-state index is 13.4. The lowest BCUT2D eigenvalue weighted by Crippen LogP contribution is -2.61. The summed E-state index contributed by atoms with van der Waals surface area (Å²) in [6.07, 6.45) is 0.273. The maximum atomic E-state index is 13.4. The number of hydrogen-bond donors (Lipinski definition) is 4. The van der Waals surface area contributed by atoms with Crippen LogP contribution in [0.5, 0.6) is 0 Å². The van der Waals surface area contributed by atoms with E-state index in [9.17, 15) is 24.3 Å². The third-order valence-corrected chi connectivity index (χ3v) is 5.37. The second-order valence-electron chi connectivity index (χ2n) is 9.27. The van der Waals surface area contributed by atoms with Crippen molar-refractivity contribution in [1.29, 1.82) is 0 Å². The quantitative estimate of drug-likeness (QED) is 0.488. The Morgan fingerprint density at radius 3 is 2.22 bits per heavy atom. The highest BCUT2D eigenvalue weighted by atomic mass is 16.4. The van der Waals surface area contributed by atoms with Gasteiger partial charge in [0, 0.05) is 0 Å². The number of nitrogens with zero attached hydrogens (tertiary/aromatic N) is 1. The molecule has 0 fully saturated rings. The van der Waals surface area contributed by atoms with E-state index >= 15 is 0 Å². The second kappa shape index (κ2) is 10.5. The van der Waals surface area contributed by atoms with E-state index in [2.05, 4.69) is 16.0 Å². The van der Waals surface area contributed by atoms with E-state index in [1.807, 2.05) is 27.7 Å². The molecule has 0 spiro atoms. The van der Waals surface area contributed by atoms with E-state index < -0.39 is 36.0 Å². The van der Waals surface area contributed by atoms with Gasteiger partial charge in [-0.1, -0.05) is 53.7 Å². The molecule has 4 N–H and O–H groups in total. The molecule has 176 valence electrons.